The minimum Gasteiger partial charge on any atom is -0.395 e. The molecule has 0 aliphatic carbocycles. The van der Waals surface area contributed by atoms with Gasteiger partial charge in [-0.25, -0.2) is 0 Å². The Balaban J connectivity index is 5.10. The largest absolute Gasteiger partial charge is 0.395 e. The highest BCUT2D eigenvalue weighted by Crippen LogP contribution is 2.08. The number of aliphatic hydroxyl groups excluding tert-OH is 2. The molecule has 0 aromatic rings. The van der Waals surface area contributed by atoms with Crippen molar-refractivity contribution in [2.75, 3.05) is 78.8 Å². The van der Waals surface area contributed by atoms with Gasteiger partial charge in [-0.05, 0) is 0 Å². The van der Waals surface area contributed by atoms with E-state index in [9.17, 15) is 5.11 Å². The monoisotopic (exact) mass is 367 g/mol. The van der Waals surface area contributed by atoms with Gasteiger partial charge < -0.3 is 36.9 Å². The molecular weight excluding hydrogens is 330 g/mol. The Morgan fingerprint density at radius 1 is 0.760 bits per heavy atom. The maximum atomic E-state index is 9.23. The molecule has 1 atom stereocenters. The minimum atomic E-state index is -1.05. The van der Waals surface area contributed by atoms with Crippen molar-refractivity contribution in [3.8, 4) is 0 Å². The van der Waals surface area contributed by atoms with Crippen LogP contribution in [0.25, 0.3) is 0 Å². The molecular formula is C14H37N7O4. The summed E-state index contributed by atoms with van der Waals surface area (Å²) in [5.74, 6) is -1.05. The Kier molecular flexibility index (Phi) is 16.7. The molecule has 0 bridgehead atoms. The van der Waals surface area contributed by atoms with Crippen LogP contribution in [0, 0.1) is 0 Å². The summed E-state index contributed by atoms with van der Waals surface area (Å²) in [4.78, 5) is 0. The average molecular weight is 367 g/mol. The Bertz CT molecular complexity index is 274. The van der Waals surface area contributed by atoms with Crippen molar-refractivity contribution in [1.29, 1.82) is 0 Å². The third-order valence-corrected chi connectivity index (χ3v) is 3.22. The van der Waals surface area contributed by atoms with Crippen LogP contribution in [0.15, 0.2) is 0 Å². The van der Waals surface area contributed by atoms with E-state index in [0.717, 1.165) is 0 Å². The topological polar surface area (TPSA) is 185 Å². The lowest BCUT2D eigenvalue weighted by Gasteiger charge is -2.42. The second-order valence-electron chi connectivity index (χ2n) is 5.20. The second kappa shape index (κ2) is 17.0. The third-order valence-electron chi connectivity index (χ3n) is 3.22. The van der Waals surface area contributed by atoms with E-state index in [-0.39, 0.29) is 32.6 Å². The first-order valence-corrected chi connectivity index (χ1v) is 8.71. The summed E-state index contributed by atoms with van der Waals surface area (Å²) in [6.07, 6.45) is -0.379. The first kappa shape index (κ1) is 24.6. The molecule has 1 unspecified atom stereocenters. The van der Waals surface area contributed by atoms with Gasteiger partial charge in [-0.1, -0.05) is 0 Å². The number of hydrogen-bond donors (Lipinski definition) is 9. The molecule has 0 spiro atoms. The Morgan fingerprint density at radius 3 is 1.88 bits per heavy atom. The van der Waals surface area contributed by atoms with Crippen LogP contribution in [0.2, 0.25) is 0 Å². The summed E-state index contributed by atoms with van der Waals surface area (Å²) >= 11 is 0. The summed E-state index contributed by atoms with van der Waals surface area (Å²) < 4.78 is 11.3. The number of nitrogens with one attached hydrogen (secondary N) is 4. The van der Waals surface area contributed by atoms with Crippen LogP contribution < -0.4 is 38.5 Å². The molecule has 0 aromatic carbocycles. The van der Waals surface area contributed by atoms with Gasteiger partial charge in [0.05, 0.1) is 33.0 Å². The van der Waals surface area contributed by atoms with Crippen molar-refractivity contribution in [3.05, 3.63) is 0 Å². The highest BCUT2D eigenvalue weighted by Gasteiger charge is 2.38. The number of ether oxygens (including phenoxy) is 2. The maximum Gasteiger partial charge on any atom is 0.204 e. The van der Waals surface area contributed by atoms with E-state index in [0.29, 0.717) is 52.4 Å². The summed E-state index contributed by atoms with van der Waals surface area (Å²) in [6.45, 7) is 3.94. The van der Waals surface area contributed by atoms with Gasteiger partial charge >= 0.3 is 0 Å². The Morgan fingerprint density at radius 2 is 1.36 bits per heavy atom. The van der Waals surface area contributed by atoms with Crippen molar-refractivity contribution in [2.24, 2.45) is 17.2 Å². The van der Waals surface area contributed by atoms with Crippen molar-refractivity contribution in [3.63, 3.8) is 0 Å². The highest BCUT2D eigenvalue weighted by molar-refractivity contribution is 4.88. The molecule has 0 fully saturated rings. The van der Waals surface area contributed by atoms with Gasteiger partial charge in [0, 0.05) is 45.8 Å². The molecule has 0 amide bonds. The lowest BCUT2D eigenvalue weighted by atomic mass is 10.2. The number of aliphatic hydroxyl groups is 2. The van der Waals surface area contributed by atoms with Gasteiger partial charge in [0.15, 0.2) is 0 Å². The second-order valence-corrected chi connectivity index (χ2v) is 5.20. The van der Waals surface area contributed by atoms with Crippen LogP contribution in [-0.2, 0) is 9.47 Å². The van der Waals surface area contributed by atoms with Gasteiger partial charge in [0.2, 0.25) is 5.85 Å². The summed E-state index contributed by atoms with van der Waals surface area (Å²) in [5, 5.41) is 31.0. The van der Waals surface area contributed by atoms with Crippen LogP contribution in [-0.4, -0.2) is 101 Å². The van der Waals surface area contributed by atoms with Crippen molar-refractivity contribution >= 4 is 0 Å². The molecule has 11 nitrogen and oxygen atoms in total. The van der Waals surface area contributed by atoms with E-state index < -0.39 is 5.85 Å². The fraction of sp³-hybridized carbons (Fsp3) is 1.00. The molecule has 12 N–H and O–H groups in total. The first-order chi connectivity index (χ1) is 12.2. The summed E-state index contributed by atoms with van der Waals surface area (Å²) in [5.41, 5.74) is 16.8. The zero-order valence-corrected chi connectivity index (χ0v) is 15.0. The van der Waals surface area contributed by atoms with E-state index in [4.69, 9.17) is 31.8 Å². The highest BCUT2D eigenvalue weighted by atomic mass is 16.6. The van der Waals surface area contributed by atoms with E-state index in [1.54, 1.807) is 0 Å². The van der Waals surface area contributed by atoms with Crippen LogP contribution in [0.3, 0.4) is 0 Å². The zero-order chi connectivity index (χ0) is 18.8. The molecule has 0 aromatic heterocycles. The molecule has 0 radical (unpaired) electrons. The Labute approximate surface area is 150 Å². The minimum absolute atomic E-state index is 0.0436. The smallest absolute Gasteiger partial charge is 0.204 e. The molecule has 0 heterocycles. The molecule has 0 saturated carbocycles. The fourth-order valence-corrected chi connectivity index (χ4v) is 2.19. The van der Waals surface area contributed by atoms with Gasteiger partial charge in [0.1, 0.15) is 6.17 Å². The van der Waals surface area contributed by atoms with Crippen LogP contribution >= 0.6 is 0 Å². The number of rotatable bonds is 19. The third kappa shape index (κ3) is 11.0. The van der Waals surface area contributed by atoms with Crippen molar-refractivity contribution < 1.29 is 19.7 Å². The van der Waals surface area contributed by atoms with Crippen LogP contribution in [0.5, 0.6) is 0 Å². The van der Waals surface area contributed by atoms with Gasteiger partial charge in [-0.2, -0.15) is 0 Å². The molecule has 25 heavy (non-hydrogen) atoms. The SMILES string of the molecule is NCCNC(NCCN)C(NCCN)(NCCO)OCCOCCO. The first-order valence-electron chi connectivity index (χ1n) is 8.71. The predicted octanol–water partition coefficient (Wildman–Crippen LogP) is -4.78. The quantitative estimate of drug-likeness (QED) is 0.0788. The lowest BCUT2D eigenvalue weighted by molar-refractivity contribution is -0.139. The van der Waals surface area contributed by atoms with Crippen LogP contribution in [0.1, 0.15) is 0 Å². The number of hydrogen-bond acceptors (Lipinski definition) is 11. The fourth-order valence-electron chi connectivity index (χ4n) is 2.19. The molecule has 0 aliphatic heterocycles. The van der Waals surface area contributed by atoms with Crippen LogP contribution in [0.4, 0.5) is 0 Å². The molecule has 0 saturated heterocycles. The summed E-state index contributed by atoms with van der Waals surface area (Å²) in [6, 6.07) is 0. The van der Waals surface area contributed by atoms with Gasteiger partial charge in [0.25, 0.3) is 0 Å². The lowest BCUT2D eigenvalue weighted by Crippen LogP contribution is -2.75. The van der Waals surface area contributed by atoms with E-state index in [1.807, 2.05) is 0 Å². The zero-order valence-electron chi connectivity index (χ0n) is 15.0. The normalized spacial score (nSPS) is 14.2. The maximum absolute atomic E-state index is 9.23. The van der Waals surface area contributed by atoms with E-state index in [2.05, 4.69) is 21.3 Å². The Hall–Kier alpha value is -0.440. The average Bonchev–Trinajstić information content (AvgIpc) is 2.63. The van der Waals surface area contributed by atoms with Crippen molar-refractivity contribution in [1.82, 2.24) is 21.3 Å². The standard InChI is InChI=1S/C14H37N7O4/c15-1-4-18-13(19-5-2-16)14(20-6-3-17,21-7-8-22)25-12-11-24-10-9-23/h13,18-23H,1-12,15-17H2. The molecule has 11 heteroatoms. The summed E-state index contributed by atoms with van der Waals surface area (Å²) in [7, 11) is 0. The predicted molar refractivity (Wildman–Crippen MR) is 96.6 cm³/mol. The van der Waals surface area contributed by atoms with E-state index >= 15 is 0 Å². The number of nitrogens with two attached hydrogens (primary N) is 3. The van der Waals surface area contributed by atoms with Gasteiger partial charge in [-0.3, -0.25) is 21.3 Å². The molecule has 152 valence electrons. The van der Waals surface area contributed by atoms with Crippen molar-refractivity contribution in [2.45, 2.75) is 12.0 Å². The van der Waals surface area contributed by atoms with Gasteiger partial charge in [-0.15, -0.1) is 0 Å². The molecule has 0 rings (SSSR count). The van der Waals surface area contributed by atoms with E-state index in [1.165, 1.54) is 0 Å². The molecule has 0 aliphatic rings.